The van der Waals surface area contributed by atoms with Crippen molar-refractivity contribution >= 4 is 35.8 Å². The van der Waals surface area contributed by atoms with E-state index in [9.17, 15) is 0 Å². The lowest BCUT2D eigenvalue weighted by Crippen LogP contribution is -2.45. The van der Waals surface area contributed by atoms with Gasteiger partial charge in [0.25, 0.3) is 0 Å². The number of hydrogen-bond acceptors (Lipinski definition) is 4. The molecule has 6 nitrogen and oxygen atoms in total. The Balaban J connectivity index is 0.00000338. The molecule has 0 amide bonds. The molecule has 0 aliphatic carbocycles. The molecule has 1 aliphatic rings. The van der Waals surface area contributed by atoms with E-state index in [0.717, 1.165) is 31.4 Å². The van der Waals surface area contributed by atoms with Gasteiger partial charge in [0.05, 0.1) is 5.60 Å². The van der Waals surface area contributed by atoms with Gasteiger partial charge in [0, 0.05) is 46.5 Å². The topological polar surface area (TPSA) is 61.8 Å². The van der Waals surface area contributed by atoms with Gasteiger partial charge in [-0.2, -0.15) is 0 Å². The second-order valence-electron chi connectivity index (χ2n) is 7.17. The van der Waals surface area contributed by atoms with E-state index in [0.29, 0.717) is 6.54 Å². The molecule has 0 radical (unpaired) electrons. The lowest BCUT2D eigenvalue weighted by atomic mass is 10.1. The molecule has 7 heteroatoms. The van der Waals surface area contributed by atoms with E-state index < -0.39 is 0 Å². The van der Waals surface area contributed by atoms with Crippen LogP contribution in [0.25, 0.3) is 0 Å². The Labute approximate surface area is 175 Å². The zero-order chi connectivity index (χ0) is 18.1. The van der Waals surface area contributed by atoms with Crippen LogP contribution in [0.2, 0.25) is 0 Å². The number of anilines is 1. The van der Waals surface area contributed by atoms with Gasteiger partial charge in [-0.15, -0.1) is 24.0 Å². The van der Waals surface area contributed by atoms with Crippen LogP contribution in [0.5, 0.6) is 0 Å². The molecule has 1 aliphatic heterocycles. The number of guanidine groups is 1. The fourth-order valence-corrected chi connectivity index (χ4v) is 2.82. The summed E-state index contributed by atoms with van der Waals surface area (Å²) < 4.78 is 5.43. The van der Waals surface area contributed by atoms with E-state index in [1.165, 1.54) is 31.2 Å². The predicted molar refractivity (Wildman–Crippen MR) is 120 cm³/mol. The van der Waals surface area contributed by atoms with E-state index in [4.69, 9.17) is 4.74 Å². The Morgan fingerprint density at radius 3 is 2.54 bits per heavy atom. The van der Waals surface area contributed by atoms with E-state index in [-0.39, 0.29) is 29.6 Å². The molecule has 1 fully saturated rings. The van der Waals surface area contributed by atoms with Crippen molar-refractivity contribution in [3.8, 4) is 0 Å². The van der Waals surface area contributed by atoms with Gasteiger partial charge in [-0.1, -0.05) is 12.8 Å². The highest BCUT2D eigenvalue weighted by Gasteiger charge is 2.16. The third-order valence-electron chi connectivity index (χ3n) is 4.66. The number of methoxy groups -OCH3 is 1. The molecule has 2 rings (SSSR count). The summed E-state index contributed by atoms with van der Waals surface area (Å²) in [5.41, 5.74) is 0.983. The third-order valence-corrected chi connectivity index (χ3v) is 4.66. The molecule has 26 heavy (non-hydrogen) atoms. The quantitative estimate of drug-likeness (QED) is 0.376. The van der Waals surface area contributed by atoms with Gasteiger partial charge < -0.3 is 20.3 Å². The SMILES string of the molecule is CN=C(NCc1ccnc(N2CCCCCC2)c1)NCC(C)(C)OC.I. The second kappa shape index (κ2) is 11.6. The predicted octanol–water partition coefficient (Wildman–Crippen LogP) is 3.17. The minimum Gasteiger partial charge on any atom is -0.377 e. The molecule has 148 valence electrons. The molecular weight excluding hydrogens is 441 g/mol. The van der Waals surface area contributed by atoms with Crippen molar-refractivity contribution < 1.29 is 4.74 Å². The van der Waals surface area contributed by atoms with Gasteiger partial charge in [-0.05, 0) is 44.4 Å². The maximum atomic E-state index is 5.43. The van der Waals surface area contributed by atoms with Crippen molar-refractivity contribution in [1.82, 2.24) is 15.6 Å². The van der Waals surface area contributed by atoms with Crippen molar-refractivity contribution in [2.75, 3.05) is 38.7 Å². The summed E-state index contributed by atoms with van der Waals surface area (Å²) >= 11 is 0. The van der Waals surface area contributed by atoms with Crippen LogP contribution in [-0.2, 0) is 11.3 Å². The first-order valence-electron chi connectivity index (χ1n) is 9.23. The molecule has 0 bridgehead atoms. The highest BCUT2D eigenvalue weighted by Crippen LogP contribution is 2.18. The van der Waals surface area contributed by atoms with Crippen LogP contribution in [0.1, 0.15) is 45.1 Å². The first-order chi connectivity index (χ1) is 12.0. The number of halogens is 1. The highest BCUT2D eigenvalue weighted by molar-refractivity contribution is 14.0. The number of ether oxygens (including phenoxy) is 1. The Bertz CT molecular complexity index is 557. The van der Waals surface area contributed by atoms with Gasteiger partial charge >= 0.3 is 0 Å². The van der Waals surface area contributed by atoms with Crippen molar-refractivity contribution in [2.24, 2.45) is 4.99 Å². The number of nitrogens with zero attached hydrogens (tertiary/aromatic N) is 3. The molecule has 2 N–H and O–H groups in total. The lowest BCUT2D eigenvalue weighted by molar-refractivity contribution is 0.0268. The molecule has 0 unspecified atom stereocenters. The average Bonchev–Trinajstić information content (AvgIpc) is 2.91. The van der Waals surface area contributed by atoms with Crippen LogP contribution in [-0.4, -0.2) is 50.3 Å². The summed E-state index contributed by atoms with van der Waals surface area (Å²) in [4.78, 5) is 11.3. The lowest BCUT2D eigenvalue weighted by Gasteiger charge is -2.24. The first-order valence-corrected chi connectivity index (χ1v) is 9.23. The molecule has 0 saturated carbocycles. The normalized spacial score (nSPS) is 15.8. The maximum absolute atomic E-state index is 5.43. The molecule has 0 spiro atoms. The van der Waals surface area contributed by atoms with Crippen LogP contribution in [0.15, 0.2) is 23.3 Å². The number of nitrogens with one attached hydrogen (secondary N) is 2. The zero-order valence-corrected chi connectivity index (χ0v) is 18.9. The molecule has 0 aromatic carbocycles. The number of aliphatic imine (C=N–C) groups is 1. The van der Waals surface area contributed by atoms with Gasteiger partial charge in [0.2, 0.25) is 0 Å². The average molecular weight is 475 g/mol. The molecule has 2 heterocycles. The summed E-state index contributed by atoms with van der Waals surface area (Å²) in [6.45, 7) is 7.72. The number of rotatable bonds is 6. The van der Waals surface area contributed by atoms with Crippen molar-refractivity contribution in [1.29, 1.82) is 0 Å². The van der Waals surface area contributed by atoms with Gasteiger partial charge in [-0.3, -0.25) is 4.99 Å². The van der Waals surface area contributed by atoms with Crippen molar-refractivity contribution in [3.63, 3.8) is 0 Å². The summed E-state index contributed by atoms with van der Waals surface area (Å²) in [7, 11) is 3.50. The summed E-state index contributed by atoms with van der Waals surface area (Å²) in [5.74, 6) is 1.86. The fraction of sp³-hybridized carbons (Fsp3) is 0.684. The summed E-state index contributed by atoms with van der Waals surface area (Å²) in [6, 6.07) is 4.24. The molecule has 1 aromatic rings. The zero-order valence-electron chi connectivity index (χ0n) is 16.5. The van der Waals surface area contributed by atoms with Crippen LogP contribution in [0, 0.1) is 0 Å². The molecule has 1 saturated heterocycles. The molecular formula is C19H34IN5O. The van der Waals surface area contributed by atoms with E-state index in [1.807, 2.05) is 20.0 Å². The van der Waals surface area contributed by atoms with Crippen LogP contribution in [0.3, 0.4) is 0 Å². The highest BCUT2D eigenvalue weighted by atomic mass is 127. The minimum absolute atomic E-state index is 0. The van der Waals surface area contributed by atoms with E-state index in [1.54, 1.807) is 14.2 Å². The van der Waals surface area contributed by atoms with Crippen LogP contribution in [0.4, 0.5) is 5.82 Å². The molecule has 1 aromatic heterocycles. The largest absolute Gasteiger partial charge is 0.377 e. The van der Waals surface area contributed by atoms with Crippen molar-refractivity contribution in [2.45, 2.75) is 51.7 Å². The second-order valence-corrected chi connectivity index (χ2v) is 7.17. The number of hydrogen-bond donors (Lipinski definition) is 2. The van der Waals surface area contributed by atoms with Gasteiger partial charge in [0.1, 0.15) is 5.82 Å². The molecule has 0 atom stereocenters. The van der Waals surface area contributed by atoms with Crippen LogP contribution >= 0.6 is 24.0 Å². The monoisotopic (exact) mass is 475 g/mol. The minimum atomic E-state index is -0.228. The number of pyridine rings is 1. The van der Waals surface area contributed by atoms with Crippen molar-refractivity contribution in [3.05, 3.63) is 23.9 Å². The Morgan fingerprint density at radius 2 is 1.92 bits per heavy atom. The Morgan fingerprint density at radius 1 is 1.23 bits per heavy atom. The van der Waals surface area contributed by atoms with E-state index in [2.05, 4.69) is 37.6 Å². The number of aromatic nitrogens is 1. The summed E-state index contributed by atoms with van der Waals surface area (Å²) in [6.07, 6.45) is 7.09. The van der Waals surface area contributed by atoms with E-state index >= 15 is 0 Å². The van der Waals surface area contributed by atoms with Gasteiger partial charge in [0.15, 0.2) is 5.96 Å². The smallest absolute Gasteiger partial charge is 0.191 e. The third kappa shape index (κ3) is 7.65. The standard InChI is InChI=1S/C19H33N5O.HI/c1-19(2,25-4)15-23-18(20-3)22-14-16-9-10-21-17(13-16)24-11-7-5-6-8-12-24;/h9-10,13H,5-8,11-12,14-15H2,1-4H3,(H2,20,22,23);1H. The van der Waals surface area contributed by atoms with Gasteiger partial charge in [-0.25, -0.2) is 4.98 Å². The van der Waals surface area contributed by atoms with Crippen LogP contribution < -0.4 is 15.5 Å². The summed E-state index contributed by atoms with van der Waals surface area (Å²) in [5, 5.41) is 6.67. The maximum Gasteiger partial charge on any atom is 0.191 e. The Kier molecular flexibility index (Phi) is 10.2. The Hall–Kier alpha value is -1.09. The first kappa shape index (κ1) is 23.0. The fourth-order valence-electron chi connectivity index (χ4n) is 2.82.